The Morgan fingerprint density at radius 3 is 2.14 bits per heavy atom. The number of amides is 3. The van der Waals surface area contributed by atoms with E-state index in [1.54, 1.807) is 14.1 Å². The zero-order valence-electron chi connectivity index (χ0n) is 9.33. The average Bonchev–Trinajstić information content (AvgIpc) is 2.13. The number of urea groups is 1. The van der Waals surface area contributed by atoms with Crippen LogP contribution in [-0.4, -0.2) is 55.5 Å². The largest absolute Gasteiger partial charge is 0.347 e. The number of rotatable bonds is 4. The van der Waals surface area contributed by atoms with E-state index in [2.05, 4.69) is 5.32 Å². The van der Waals surface area contributed by atoms with Gasteiger partial charge < -0.3 is 15.1 Å². The predicted octanol–water partition coefficient (Wildman–Crippen LogP) is 0.126. The third-order valence-corrected chi connectivity index (χ3v) is 1.82. The van der Waals surface area contributed by atoms with Gasteiger partial charge in [-0.15, -0.1) is 0 Å². The maximum Gasteiger partial charge on any atom is 0.317 e. The predicted molar refractivity (Wildman–Crippen MR) is 55.0 cm³/mol. The standard InChI is InChI=1S/C9H19N3O2/c1-5-10-9(14)12(6-2)7-8(13)11(3)4/h5-7H2,1-4H3,(H,10,14). The molecule has 14 heavy (non-hydrogen) atoms. The molecule has 0 atom stereocenters. The van der Waals surface area contributed by atoms with Crippen LogP contribution in [0, 0.1) is 0 Å². The second-order valence-electron chi connectivity index (χ2n) is 3.14. The molecule has 0 spiro atoms. The van der Waals surface area contributed by atoms with Crippen LogP contribution in [0.5, 0.6) is 0 Å². The van der Waals surface area contributed by atoms with E-state index >= 15 is 0 Å². The molecule has 82 valence electrons. The van der Waals surface area contributed by atoms with Gasteiger partial charge in [-0.2, -0.15) is 0 Å². The van der Waals surface area contributed by atoms with E-state index in [4.69, 9.17) is 0 Å². The molecule has 0 aromatic heterocycles. The fraction of sp³-hybridized carbons (Fsp3) is 0.778. The molecule has 5 nitrogen and oxygen atoms in total. The minimum absolute atomic E-state index is 0.0712. The summed E-state index contributed by atoms with van der Waals surface area (Å²) in [6, 6.07) is -0.190. The van der Waals surface area contributed by atoms with Gasteiger partial charge in [0.2, 0.25) is 5.91 Å². The molecule has 0 aromatic rings. The van der Waals surface area contributed by atoms with Crippen LogP contribution in [0.2, 0.25) is 0 Å². The summed E-state index contributed by atoms with van der Waals surface area (Å²) in [5, 5.41) is 2.66. The van der Waals surface area contributed by atoms with Crippen molar-refractivity contribution < 1.29 is 9.59 Å². The van der Waals surface area contributed by atoms with Gasteiger partial charge >= 0.3 is 6.03 Å². The molecule has 0 aromatic carbocycles. The highest BCUT2D eigenvalue weighted by atomic mass is 16.2. The first kappa shape index (κ1) is 12.7. The third-order valence-electron chi connectivity index (χ3n) is 1.82. The minimum atomic E-state index is -0.190. The molecule has 0 rings (SSSR count). The summed E-state index contributed by atoms with van der Waals surface area (Å²) in [5.74, 6) is -0.0712. The van der Waals surface area contributed by atoms with Gasteiger partial charge in [0.1, 0.15) is 6.54 Å². The van der Waals surface area contributed by atoms with Gasteiger partial charge in [-0.25, -0.2) is 4.79 Å². The topological polar surface area (TPSA) is 52.7 Å². The number of hydrogen-bond acceptors (Lipinski definition) is 2. The highest BCUT2D eigenvalue weighted by Gasteiger charge is 2.15. The summed E-state index contributed by atoms with van der Waals surface area (Å²) in [6.07, 6.45) is 0. The SMILES string of the molecule is CCNC(=O)N(CC)CC(=O)N(C)C. The normalized spacial score (nSPS) is 9.43. The van der Waals surface area contributed by atoms with Gasteiger partial charge in [0, 0.05) is 27.2 Å². The molecule has 0 unspecified atom stereocenters. The molecule has 0 fully saturated rings. The van der Waals surface area contributed by atoms with Crippen molar-refractivity contribution in [3.8, 4) is 0 Å². The lowest BCUT2D eigenvalue weighted by molar-refractivity contribution is -0.129. The summed E-state index contributed by atoms with van der Waals surface area (Å²) in [5.41, 5.74) is 0. The summed E-state index contributed by atoms with van der Waals surface area (Å²) in [7, 11) is 3.35. The van der Waals surface area contributed by atoms with Gasteiger partial charge in [-0.05, 0) is 13.8 Å². The number of carbonyl (C=O) groups excluding carboxylic acids is 2. The molecule has 0 saturated heterocycles. The van der Waals surface area contributed by atoms with E-state index in [0.717, 1.165) is 0 Å². The smallest absolute Gasteiger partial charge is 0.317 e. The van der Waals surface area contributed by atoms with Gasteiger partial charge in [0.25, 0.3) is 0 Å². The van der Waals surface area contributed by atoms with Crippen LogP contribution in [-0.2, 0) is 4.79 Å². The number of hydrogen-bond donors (Lipinski definition) is 1. The van der Waals surface area contributed by atoms with E-state index in [1.165, 1.54) is 9.80 Å². The van der Waals surface area contributed by atoms with Crippen LogP contribution in [0.15, 0.2) is 0 Å². The Balaban J connectivity index is 4.15. The van der Waals surface area contributed by atoms with Crippen molar-refractivity contribution in [2.24, 2.45) is 0 Å². The molecule has 1 N–H and O–H groups in total. The fourth-order valence-corrected chi connectivity index (χ4v) is 0.895. The van der Waals surface area contributed by atoms with Crippen molar-refractivity contribution in [3.63, 3.8) is 0 Å². The molecular weight excluding hydrogens is 182 g/mol. The van der Waals surface area contributed by atoms with Crippen molar-refractivity contribution >= 4 is 11.9 Å². The van der Waals surface area contributed by atoms with Crippen molar-refractivity contribution in [1.82, 2.24) is 15.1 Å². The summed E-state index contributed by atoms with van der Waals surface area (Å²) in [6.45, 7) is 4.93. The van der Waals surface area contributed by atoms with Gasteiger partial charge in [-0.1, -0.05) is 0 Å². The Kier molecular flexibility index (Phi) is 5.67. The summed E-state index contributed by atoms with van der Waals surface area (Å²) < 4.78 is 0. The van der Waals surface area contributed by atoms with Crippen LogP contribution in [0.1, 0.15) is 13.8 Å². The molecule has 0 radical (unpaired) electrons. The van der Waals surface area contributed by atoms with Crippen LogP contribution in [0.3, 0.4) is 0 Å². The Morgan fingerprint density at radius 1 is 1.21 bits per heavy atom. The van der Waals surface area contributed by atoms with E-state index < -0.39 is 0 Å². The van der Waals surface area contributed by atoms with E-state index in [9.17, 15) is 9.59 Å². The lowest BCUT2D eigenvalue weighted by atomic mass is 10.4. The van der Waals surface area contributed by atoms with Gasteiger partial charge in [-0.3, -0.25) is 4.79 Å². The molecular formula is C9H19N3O2. The van der Waals surface area contributed by atoms with Crippen molar-refractivity contribution in [2.45, 2.75) is 13.8 Å². The molecule has 0 bridgehead atoms. The van der Waals surface area contributed by atoms with Gasteiger partial charge in [0.05, 0.1) is 0 Å². The first-order chi connectivity index (χ1) is 6.52. The Bertz CT molecular complexity index is 204. The molecule has 0 saturated carbocycles. The zero-order valence-corrected chi connectivity index (χ0v) is 9.33. The Labute approximate surface area is 85.1 Å². The first-order valence-electron chi connectivity index (χ1n) is 4.75. The quantitative estimate of drug-likeness (QED) is 0.702. The third kappa shape index (κ3) is 4.11. The Hall–Kier alpha value is -1.26. The highest BCUT2D eigenvalue weighted by Crippen LogP contribution is 1.91. The number of nitrogens with one attached hydrogen (secondary N) is 1. The van der Waals surface area contributed by atoms with Crippen LogP contribution >= 0.6 is 0 Å². The maximum absolute atomic E-state index is 11.4. The van der Waals surface area contributed by atoms with Crippen molar-refractivity contribution in [1.29, 1.82) is 0 Å². The van der Waals surface area contributed by atoms with Gasteiger partial charge in [0.15, 0.2) is 0 Å². The second kappa shape index (κ2) is 6.23. The van der Waals surface area contributed by atoms with Crippen LogP contribution < -0.4 is 5.32 Å². The zero-order chi connectivity index (χ0) is 11.1. The number of carbonyl (C=O) groups is 2. The van der Waals surface area contributed by atoms with Crippen molar-refractivity contribution in [2.75, 3.05) is 33.7 Å². The lowest BCUT2D eigenvalue weighted by Gasteiger charge is -2.22. The monoisotopic (exact) mass is 201 g/mol. The first-order valence-corrected chi connectivity index (χ1v) is 4.75. The maximum atomic E-state index is 11.4. The average molecular weight is 201 g/mol. The molecule has 0 aliphatic heterocycles. The number of nitrogens with zero attached hydrogens (tertiary/aromatic N) is 2. The number of likely N-dealkylation sites (N-methyl/N-ethyl adjacent to an activating group) is 2. The van der Waals surface area contributed by atoms with Crippen molar-refractivity contribution in [3.05, 3.63) is 0 Å². The molecule has 5 heteroatoms. The second-order valence-corrected chi connectivity index (χ2v) is 3.14. The highest BCUT2D eigenvalue weighted by molar-refractivity contribution is 5.83. The van der Waals surface area contributed by atoms with E-state index in [-0.39, 0.29) is 18.5 Å². The van der Waals surface area contributed by atoms with E-state index in [1.807, 2.05) is 13.8 Å². The Morgan fingerprint density at radius 2 is 1.79 bits per heavy atom. The lowest BCUT2D eigenvalue weighted by Crippen LogP contribution is -2.45. The summed E-state index contributed by atoms with van der Waals surface area (Å²) >= 11 is 0. The van der Waals surface area contributed by atoms with Crippen LogP contribution in [0.25, 0.3) is 0 Å². The molecule has 3 amide bonds. The van der Waals surface area contributed by atoms with E-state index in [0.29, 0.717) is 13.1 Å². The fourth-order valence-electron chi connectivity index (χ4n) is 0.895. The molecule has 0 aliphatic carbocycles. The minimum Gasteiger partial charge on any atom is -0.347 e. The summed E-state index contributed by atoms with van der Waals surface area (Å²) in [4.78, 5) is 25.7. The van der Waals surface area contributed by atoms with Crippen LogP contribution in [0.4, 0.5) is 4.79 Å². The molecule has 0 aliphatic rings. The molecule has 0 heterocycles.